The molecule has 7 heteroatoms. The second-order valence-corrected chi connectivity index (χ2v) is 5.89. The van der Waals surface area contributed by atoms with Crippen molar-refractivity contribution in [3.8, 4) is 5.75 Å². The fraction of sp³-hybridized carbons (Fsp3) is 0.250. The van der Waals surface area contributed by atoms with Gasteiger partial charge in [-0.1, -0.05) is 12.1 Å². The molecule has 2 rings (SSSR count). The van der Waals surface area contributed by atoms with Gasteiger partial charge in [-0.3, -0.25) is 9.59 Å². The van der Waals surface area contributed by atoms with Crippen LogP contribution in [-0.4, -0.2) is 37.5 Å². The third kappa shape index (κ3) is 6.14. The molecule has 0 bridgehead atoms. The van der Waals surface area contributed by atoms with Gasteiger partial charge in [0.2, 0.25) is 0 Å². The molecule has 7 nitrogen and oxygen atoms in total. The lowest BCUT2D eigenvalue weighted by Gasteiger charge is -2.14. The van der Waals surface area contributed by atoms with Crippen LogP contribution in [0.15, 0.2) is 48.5 Å². The molecular formula is C20H22N2O5. The van der Waals surface area contributed by atoms with Gasteiger partial charge < -0.3 is 20.1 Å². The van der Waals surface area contributed by atoms with E-state index in [9.17, 15) is 14.4 Å². The van der Waals surface area contributed by atoms with E-state index in [4.69, 9.17) is 9.47 Å². The summed E-state index contributed by atoms with van der Waals surface area (Å²) in [6.45, 7) is 3.04. The number of amides is 2. The zero-order valence-corrected chi connectivity index (χ0v) is 15.4. The highest BCUT2D eigenvalue weighted by Gasteiger charge is 2.18. The van der Waals surface area contributed by atoms with Crippen LogP contribution in [0.3, 0.4) is 0 Å². The van der Waals surface area contributed by atoms with E-state index < -0.39 is 24.6 Å². The number of carbonyl (C=O) groups excluding carboxylic acids is 3. The van der Waals surface area contributed by atoms with Gasteiger partial charge >= 0.3 is 5.97 Å². The Kier molecular flexibility index (Phi) is 6.93. The molecule has 2 amide bonds. The van der Waals surface area contributed by atoms with Crippen LogP contribution in [0.4, 0.5) is 5.69 Å². The average molecular weight is 370 g/mol. The summed E-state index contributed by atoms with van der Waals surface area (Å²) in [4.78, 5) is 35.3. The molecule has 0 unspecified atom stereocenters. The van der Waals surface area contributed by atoms with Crippen molar-refractivity contribution < 1.29 is 23.9 Å². The van der Waals surface area contributed by atoms with Crippen molar-refractivity contribution in [2.75, 3.05) is 19.0 Å². The Morgan fingerprint density at radius 2 is 1.78 bits per heavy atom. The summed E-state index contributed by atoms with van der Waals surface area (Å²) in [7, 11) is 1.54. The minimum absolute atomic E-state index is 0.218. The maximum absolute atomic E-state index is 12.0. The van der Waals surface area contributed by atoms with Gasteiger partial charge in [0.15, 0.2) is 12.7 Å². The Morgan fingerprint density at radius 3 is 2.41 bits per heavy atom. The highest BCUT2D eigenvalue weighted by atomic mass is 16.6. The first-order chi connectivity index (χ1) is 12.9. The van der Waals surface area contributed by atoms with E-state index in [1.807, 2.05) is 19.1 Å². The van der Waals surface area contributed by atoms with Crippen molar-refractivity contribution in [2.45, 2.75) is 20.0 Å². The Labute approximate surface area is 157 Å². The lowest BCUT2D eigenvalue weighted by atomic mass is 10.2. The van der Waals surface area contributed by atoms with Gasteiger partial charge in [-0.25, -0.2) is 4.79 Å². The minimum Gasteiger partial charge on any atom is -0.479 e. The van der Waals surface area contributed by atoms with Crippen molar-refractivity contribution >= 4 is 23.5 Å². The molecule has 0 aliphatic rings. The molecule has 0 radical (unpaired) electrons. The number of hydrogen-bond donors (Lipinski definition) is 2. The lowest BCUT2D eigenvalue weighted by Crippen LogP contribution is -2.29. The van der Waals surface area contributed by atoms with E-state index in [1.54, 1.807) is 43.3 Å². The molecule has 0 heterocycles. The number of aryl methyl sites for hydroxylation is 1. The molecule has 142 valence electrons. The predicted octanol–water partition coefficient (Wildman–Crippen LogP) is 2.30. The molecule has 0 fully saturated rings. The monoisotopic (exact) mass is 370 g/mol. The van der Waals surface area contributed by atoms with E-state index in [1.165, 1.54) is 7.05 Å². The summed E-state index contributed by atoms with van der Waals surface area (Å²) in [6.07, 6.45) is -0.841. The van der Waals surface area contributed by atoms with E-state index in [-0.39, 0.29) is 5.91 Å². The number of hydrogen-bond acceptors (Lipinski definition) is 5. The highest BCUT2D eigenvalue weighted by molar-refractivity contribution is 5.96. The smallest absolute Gasteiger partial charge is 0.347 e. The maximum Gasteiger partial charge on any atom is 0.347 e. The first-order valence-electron chi connectivity index (χ1n) is 8.41. The van der Waals surface area contributed by atoms with Crippen molar-refractivity contribution in [1.82, 2.24) is 5.32 Å². The Morgan fingerprint density at radius 1 is 1.07 bits per heavy atom. The molecule has 2 aromatic rings. The van der Waals surface area contributed by atoms with Crippen molar-refractivity contribution in [3.05, 3.63) is 59.7 Å². The lowest BCUT2D eigenvalue weighted by molar-refractivity contribution is -0.153. The molecule has 0 saturated carbocycles. The molecule has 2 aromatic carbocycles. The van der Waals surface area contributed by atoms with Gasteiger partial charge in [0.25, 0.3) is 11.8 Å². The van der Waals surface area contributed by atoms with Crippen LogP contribution < -0.4 is 15.4 Å². The molecule has 2 N–H and O–H groups in total. The number of esters is 1. The van der Waals surface area contributed by atoms with Crippen LogP contribution in [-0.2, 0) is 14.3 Å². The summed E-state index contributed by atoms with van der Waals surface area (Å²) < 4.78 is 10.5. The Balaban J connectivity index is 1.80. The topological polar surface area (TPSA) is 93.7 Å². The first kappa shape index (κ1) is 20.0. The Bertz CT molecular complexity index is 817. The summed E-state index contributed by atoms with van der Waals surface area (Å²) in [6, 6.07) is 13.6. The van der Waals surface area contributed by atoms with Gasteiger partial charge in [-0.05, 0) is 55.8 Å². The van der Waals surface area contributed by atoms with Gasteiger partial charge in [-0.15, -0.1) is 0 Å². The number of carbonyl (C=O) groups is 3. The molecule has 0 aliphatic heterocycles. The van der Waals surface area contributed by atoms with Gasteiger partial charge in [-0.2, -0.15) is 0 Å². The molecule has 0 saturated heterocycles. The van der Waals surface area contributed by atoms with Crippen LogP contribution in [0.5, 0.6) is 5.75 Å². The zero-order valence-electron chi connectivity index (χ0n) is 15.4. The highest BCUT2D eigenvalue weighted by Crippen LogP contribution is 2.14. The van der Waals surface area contributed by atoms with E-state index in [0.29, 0.717) is 17.0 Å². The van der Waals surface area contributed by atoms with Crippen molar-refractivity contribution in [2.24, 2.45) is 0 Å². The fourth-order valence-electron chi connectivity index (χ4n) is 2.24. The summed E-state index contributed by atoms with van der Waals surface area (Å²) in [5.41, 5.74) is 1.98. The Hall–Kier alpha value is -3.35. The largest absolute Gasteiger partial charge is 0.479 e. The van der Waals surface area contributed by atoms with Crippen molar-refractivity contribution in [1.29, 1.82) is 0 Å². The second-order valence-electron chi connectivity index (χ2n) is 5.89. The molecule has 0 aliphatic carbocycles. The fourth-order valence-corrected chi connectivity index (χ4v) is 2.24. The number of nitrogens with one attached hydrogen (secondary N) is 2. The molecule has 0 aromatic heterocycles. The van der Waals surface area contributed by atoms with Crippen LogP contribution in [0.1, 0.15) is 22.8 Å². The van der Waals surface area contributed by atoms with Gasteiger partial charge in [0.1, 0.15) is 5.75 Å². The molecule has 1 atom stereocenters. The summed E-state index contributed by atoms with van der Waals surface area (Å²) in [5, 5.41) is 5.10. The second kappa shape index (κ2) is 9.38. The van der Waals surface area contributed by atoms with Crippen LogP contribution in [0, 0.1) is 6.92 Å². The number of benzene rings is 2. The van der Waals surface area contributed by atoms with E-state index in [2.05, 4.69) is 10.6 Å². The van der Waals surface area contributed by atoms with Crippen LogP contribution >= 0.6 is 0 Å². The first-order valence-corrected chi connectivity index (χ1v) is 8.41. The zero-order chi connectivity index (χ0) is 19.8. The SMILES string of the molecule is CNC(=O)c1ccc(NC(=O)COC(=O)[C@@H](C)Oc2cccc(C)c2)cc1. The van der Waals surface area contributed by atoms with Crippen LogP contribution in [0.25, 0.3) is 0 Å². The normalized spacial score (nSPS) is 11.2. The standard InChI is InChI=1S/C20H22N2O5/c1-13-5-4-6-17(11-13)27-14(2)20(25)26-12-18(23)22-16-9-7-15(8-10-16)19(24)21-3/h4-11,14H,12H2,1-3H3,(H,21,24)(H,22,23)/t14-/m1/s1. The van der Waals surface area contributed by atoms with Crippen LogP contribution in [0.2, 0.25) is 0 Å². The predicted molar refractivity (Wildman–Crippen MR) is 101 cm³/mol. The van der Waals surface area contributed by atoms with E-state index in [0.717, 1.165) is 5.56 Å². The molecular weight excluding hydrogens is 348 g/mol. The van der Waals surface area contributed by atoms with E-state index >= 15 is 0 Å². The molecule has 27 heavy (non-hydrogen) atoms. The maximum atomic E-state index is 12.0. The van der Waals surface area contributed by atoms with Gasteiger partial charge in [0.05, 0.1) is 0 Å². The average Bonchev–Trinajstić information content (AvgIpc) is 2.66. The summed E-state index contributed by atoms with van der Waals surface area (Å²) >= 11 is 0. The number of ether oxygens (including phenoxy) is 2. The third-order valence-corrected chi connectivity index (χ3v) is 3.64. The number of anilines is 1. The summed E-state index contributed by atoms with van der Waals surface area (Å²) in [5.74, 6) is -0.787. The molecule has 0 spiro atoms. The third-order valence-electron chi connectivity index (χ3n) is 3.64. The van der Waals surface area contributed by atoms with Gasteiger partial charge in [0, 0.05) is 18.3 Å². The number of rotatable bonds is 7. The van der Waals surface area contributed by atoms with Crippen molar-refractivity contribution in [3.63, 3.8) is 0 Å². The minimum atomic E-state index is -0.841. The quantitative estimate of drug-likeness (QED) is 0.730.